The Labute approximate surface area is 85.1 Å². The Morgan fingerprint density at radius 2 is 2.27 bits per heavy atom. The molecule has 0 saturated heterocycles. The molecule has 15 heavy (non-hydrogen) atoms. The Morgan fingerprint density at radius 1 is 1.53 bits per heavy atom. The molecule has 0 aliphatic heterocycles. The van der Waals surface area contributed by atoms with Gasteiger partial charge >= 0.3 is 5.97 Å². The Morgan fingerprint density at radius 3 is 2.87 bits per heavy atom. The molecule has 0 spiro atoms. The van der Waals surface area contributed by atoms with Crippen LogP contribution in [0.2, 0.25) is 0 Å². The van der Waals surface area contributed by atoms with Crippen LogP contribution in [0, 0.1) is 0 Å². The van der Waals surface area contributed by atoms with Gasteiger partial charge in [-0.25, -0.2) is 4.79 Å². The van der Waals surface area contributed by atoms with Crippen LogP contribution in [0.5, 0.6) is 0 Å². The summed E-state index contributed by atoms with van der Waals surface area (Å²) >= 11 is 0. The number of aromatic carboxylic acids is 1. The SMILES string of the molecule is O=C(CCCO)Nc1[nH]ncc1C(=O)O. The van der Waals surface area contributed by atoms with Gasteiger partial charge in [-0.1, -0.05) is 0 Å². The maximum Gasteiger partial charge on any atom is 0.341 e. The molecule has 1 rings (SSSR count). The summed E-state index contributed by atoms with van der Waals surface area (Å²) in [5.41, 5.74) is -0.0904. The number of carboxylic acids is 1. The molecular formula is C8H11N3O4. The second-order valence-corrected chi connectivity index (χ2v) is 2.84. The minimum atomic E-state index is -1.17. The minimum absolute atomic E-state index is 0.0606. The third-order valence-electron chi connectivity index (χ3n) is 1.70. The second-order valence-electron chi connectivity index (χ2n) is 2.84. The second kappa shape index (κ2) is 5.11. The highest BCUT2D eigenvalue weighted by atomic mass is 16.4. The van der Waals surface area contributed by atoms with Crippen molar-refractivity contribution in [1.29, 1.82) is 0 Å². The third kappa shape index (κ3) is 3.06. The van der Waals surface area contributed by atoms with Crippen LogP contribution >= 0.6 is 0 Å². The molecule has 0 radical (unpaired) electrons. The van der Waals surface area contributed by atoms with Crippen molar-refractivity contribution >= 4 is 17.7 Å². The van der Waals surface area contributed by atoms with Gasteiger partial charge in [0.15, 0.2) is 0 Å². The van der Waals surface area contributed by atoms with Crippen LogP contribution in [0.1, 0.15) is 23.2 Å². The number of aromatic amines is 1. The normalized spacial score (nSPS) is 9.93. The van der Waals surface area contributed by atoms with E-state index in [1.165, 1.54) is 0 Å². The number of H-pyrrole nitrogens is 1. The van der Waals surface area contributed by atoms with Crippen molar-refractivity contribution in [3.63, 3.8) is 0 Å². The summed E-state index contributed by atoms with van der Waals surface area (Å²) in [6.45, 7) is -0.0812. The first kappa shape index (κ1) is 11.2. The Balaban J connectivity index is 2.60. The number of nitrogens with one attached hydrogen (secondary N) is 2. The van der Waals surface area contributed by atoms with Crippen molar-refractivity contribution in [2.24, 2.45) is 0 Å². The predicted octanol–water partition coefficient (Wildman–Crippen LogP) is -0.181. The lowest BCUT2D eigenvalue weighted by Gasteiger charge is -2.02. The number of hydrogen-bond donors (Lipinski definition) is 4. The summed E-state index contributed by atoms with van der Waals surface area (Å²) in [7, 11) is 0. The van der Waals surface area contributed by atoms with Crippen LogP contribution in [0.3, 0.4) is 0 Å². The summed E-state index contributed by atoms with van der Waals surface area (Å²) in [5.74, 6) is -1.47. The fourth-order valence-corrected chi connectivity index (χ4v) is 0.985. The van der Waals surface area contributed by atoms with Crippen LogP contribution in [0.25, 0.3) is 0 Å². The van der Waals surface area contributed by atoms with Gasteiger partial charge < -0.3 is 15.5 Å². The van der Waals surface area contributed by atoms with E-state index < -0.39 is 5.97 Å². The van der Waals surface area contributed by atoms with Gasteiger partial charge in [-0.2, -0.15) is 5.10 Å². The molecule has 4 N–H and O–H groups in total. The van der Waals surface area contributed by atoms with Gasteiger partial charge in [-0.15, -0.1) is 0 Å². The van der Waals surface area contributed by atoms with Crippen molar-refractivity contribution in [3.8, 4) is 0 Å². The van der Waals surface area contributed by atoms with E-state index in [1.54, 1.807) is 0 Å². The molecule has 0 aliphatic rings. The molecule has 1 amide bonds. The maximum atomic E-state index is 11.2. The number of anilines is 1. The van der Waals surface area contributed by atoms with Crippen molar-refractivity contribution in [2.45, 2.75) is 12.8 Å². The van der Waals surface area contributed by atoms with E-state index in [0.29, 0.717) is 6.42 Å². The zero-order chi connectivity index (χ0) is 11.3. The van der Waals surface area contributed by atoms with Crippen molar-refractivity contribution in [3.05, 3.63) is 11.8 Å². The number of amides is 1. The first-order chi connectivity index (χ1) is 7.15. The number of nitrogens with zero attached hydrogens (tertiary/aromatic N) is 1. The van der Waals surface area contributed by atoms with Crippen molar-refractivity contribution in [1.82, 2.24) is 10.2 Å². The molecule has 0 aliphatic carbocycles. The van der Waals surface area contributed by atoms with E-state index in [0.717, 1.165) is 6.20 Å². The highest BCUT2D eigenvalue weighted by Crippen LogP contribution is 2.10. The fraction of sp³-hybridized carbons (Fsp3) is 0.375. The fourth-order valence-electron chi connectivity index (χ4n) is 0.985. The molecule has 0 unspecified atom stereocenters. The highest BCUT2D eigenvalue weighted by Gasteiger charge is 2.13. The number of carboxylic acid groups (broad SMARTS) is 1. The lowest BCUT2D eigenvalue weighted by atomic mass is 10.3. The Hall–Kier alpha value is -1.89. The number of carbonyl (C=O) groups excluding carboxylic acids is 1. The molecule has 1 heterocycles. The maximum absolute atomic E-state index is 11.2. The summed E-state index contributed by atoms with van der Waals surface area (Å²) in [4.78, 5) is 21.8. The number of hydrogen-bond acceptors (Lipinski definition) is 4. The van der Waals surface area contributed by atoms with Crippen LogP contribution in [-0.2, 0) is 4.79 Å². The molecule has 0 fully saturated rings. The molecule has 0 bridgehead atoms. The summed E-state index contributed by atoms with van der Waals surface area (Å²) in [6.07, 6.45) is 1.58. The molecular weight excluding hydrogens is 202 g/mol. The first-order valence-corrected chi connectivity index (χ1v) is 4.32. The number of aromatic nitrogens is 2. The van der Waals surface area contributed by atoms with Gasteiger partial charge in [-0.05, 0) is 6.42 Å². The molecule has 7 heteroatoms. The quantitative estimate of drug-likeness (QED) is 0.541. The molecule has 0 aromatic carbocycles. The largest absolute Gasteiger partial charge is 0.477 e. The molecule has 0 saturated carbocycles. The number of carbonyl (C=O) groups is 2. The summed E-state index contributed by atoms with van der Waals surface area (Å²) < 4.78 is 0. The van der Waals surface area contributed by atoms with E-state index in [1.807, 2.05) is 0 Å². The van der Waals surface area contributed by atoms with Gasteiger partial charge in [0.25, 0.3) is 0 Å². The predicted molar refractivity (Wildman–Crippen MR) is 50.5 cm³/mol. The first-order valence-electron chi connectivity index (χ1n) is 4.32. The van der Waals surface area contributed by atoms with E-state index in [9.17, 15) is 9.59 Å². The molecule has 82 valence electrons. The Kier molecular flexibility index (Phi) is 3.81. The smallest absolute Gasteiger partial charge is 0.341 e. The van der Waals surface area contributed by atoms with E-state index in [2.05, 4.69) is 15.5 Å². The van der Waals surface area contributed by atoms with Gasteiger partial charge in [-0.3, -0.25) is 9.89 Å². The number of rotatable bonds is 5. The van der Waals surface area contributed by atoms with E-state index >= 15 is 0 Å². The van der Waals surface area contributed by atoms with Gasteiger partial charge in [0.1, 0.15) is 11.4 Å². The van der Waals surface area contributed by atoms with E-state index in [4.69, 9.17) is 10.2 Å². The van der Waals surface area contributed by atoms with Crippen LogP contribution in [-0.4, -0.2) is 38.9 Å². The average Bonchev–Trinajstić information content (AvgIpc) is 2.62. The topological polar surface area (TPSA) is 115 Å². The zero-order valence-corrected chi connectivity index (χ0v) is 7.86. The van der Waals surface area contributed by atoms with E-state index in [-0.39, 0.29) is 30.3 Å². The summed E-state index contributed by atoms with van der Waals surface area (Å²) in [5, 5.41) is 25.4. The van der Waals surface area contributed by atoms with Gasteiger partial charge in [0.2, 0.25) is 5.91 Å². The van der Waals surface area contributed by atoms with Crippen LogP contribution < -0.4 is 5.32 Å². The lowest BCUT2D eigenvalue weighted by molar-refractivity contribution is -0.116. The standard InChI is InChI=1S/C8H11N3O4/c12-3-1-2-6(13)10-7-5(8(14)15)4-9-11-7/h4,12H,1-3H2,(H,14,15)(H2,9,10,11,13). The summed E-state index contributed by atoms with van der Waals surface area (Å²) in [6, 6.07) is 0. The van der Waals surface area contributed by atoms with Crippen molar-refractivity contribution in [2.75, 3.05) is 11.9 Å². The number of aliphatic hydroxyl groups excluding tert-OH is 1. The molecule has 1 aromatic rings. The monoisotopic (exact) mass is 213 g/mol. The highest BCUT2D eigenvalue weighted by molar-refractivity contribution is 5.98. The third-order valence-corrected chi connectivity index (χ3v) is 1.70. The van der Waals surface area contributed by atoms with Crippen LogP contribution in [0.4, 0.5) is 5.82 Å². The zero-order valence-electron chi connectivity index (χ0n) is 7.86. The minimum Gasteiger partial charge on any atom is -0.477 e. The van der Waals surface area contributed by atoms with Crippen molar-refractivity contribution < 1.29 is 19.8 Å². The molecule has 0 atom stereocenters. The molecule has 7 nitrogen and oxygen atoms in total. The Bertz CT molecular complexity index is 361. The van der Waals surface area contributed by atoms with Gasteiger partial charge in [0.05, 0.1) is 6.20 Å². The lowest BCUT2D eigenvalue weighted by Crippen LogP contribution is -2.14. The van der Waals surface area contributed by atoms with Gasteiger partial charge in [0, 0.05) is 13.0 Å². The average molecular weight is 213 g/mol. The number of aliphatic hydroxyl groups is 1. The van der Waals surface area contributed by atoms with Crippen LogP contribution in [0.15, 0.2) is 6.20 Å². The molecule has 1 aromatic heterocycles.